The predicted molar refractivity (Wildman–Crippen MR) is 282 cm³/mol. The van der Waals surface area contributed by atoms with E-state index in [1.54, 1.807) is 0 Å². The summed E-state index contributed by atoms with van der Waals surface area (Å²) >= 11 is 0. The Kier molecular flexibility index (Phi) is 12.3. The molecule has 0 radical (unpaired) electrons. The summed E-state index contributed by atoms with van der Waals surface area (Å²) in [7, 11) is 0. The first-order valence-corrected chi connectivity index (χ1v) is 29.2. The number of aromatic nitrogens is 2. The minimum atomic E-state index is -0.772. The molecule has 9 heteroatoms. The Morgan fingerprint density at radius 1 is 0.833 bits per heavy atom. The number of carbonyl (C=O) groups is 2. The van der Waals surface area contributed by atoms with E-state index in [0.29, 0.717) is 68.6 Å². The number of nitrogens with one attached hydrogen (secondary N) is 1. The number of benzene rings is 1. The first-order chi connectivity index (χ1) is 34.4. The molecule has 11 atom stereocenters. The molecule has 3 aromatic rings. The van der Waals surface area contributed by atoms with Gasteiger partial charge in [-0.1, -0.05) is 84.9 Å². The fourth-order valence-electron chi connectivity index (χ4n) is 19.5. The van der Waals surface area contributed by atoms with E-state index in [9.17, 15) is 20.1 Å². The fourth-order valence-corrected chi connectivity index (χ4v) is 19.5. The quantitative estimate of drug-likeness (QED) is 0.148. The molecule has 3 aliphatic heterocycles. The molecule has 5 saturated carbocycles. The Labute approximate surface area is 430 Å². The van der Waals surface area contributed by atoms with Crippen molar-refractivity contribution in [2.75, 3.05) is 19.8 Å². The minimum absolute atomic E-state index is 0.00547. The molecule has 0 bridgehead atoms. The number of aryl methyl sites for hydroxylation is 1. The highest BCUT2D eigenvalue weighted by atomic mass is 16.6. The summed E-state index contributed by atoms with van der Waals surface area (Å²) in [6, 6.07) is 7.54. The van der Waals surface area contributed by atoms with Crippen LogP contribution < -0.4 is 0 Å². The maximum absolute atomic E-state index is 15.6. The molecule has 72 heavy (non-hydrogen) atoms. The van der Waals surface area contributed by atoms with Gasteiger partial charge in [-0.25, -0.2) is 0 Å². The monoisotopic (exact) mass is 985 g/mol. The molecule has 9 nitrogen and oxygen atoms in total. The number of ether oxygens (including phenoxy) is 2. The molecule has 11 unspecified atom stereocenters. The molecule has 5 heterocycles. The number of epoxide rings is 1. The molecule has 392 valence electrons. The zero-order valence-corrected chi connectivity index (χ0v) is 45.1. The van der Waals surface area contributed by atoms with Crippen LogP contribution >= 0.6 is 0 Å². The number of Topliss-reactive ketones (excluding diaryl/α,β-unsaturated/α-hetero) is 2. The molecule has 6 aliphatic carbocycles. The number of nitrogens with zero attached hydrogens (tertiary/aromatic N) is 1. The number of H-pyrrole nitrogens is 1. The molecule has 0 amide bonds. The largest absolute Gasteiger partial charge is 0.396 e. The third-order valence-electron chi connectivity index (χ3n) is 23.3. The van der Waals surface area contributed by atoms with Crippen LogP contribution in [-0.2, 0) is 44.9 Å². The maximum atomic E-state index is 15.6. The van der Waals surface area contributed by atoms with E-state index in [1.807, 2.05) is 13.8 Å². The van der Waals surface area contributed by atoms with E-state index >= 15 is 4.79 Å². The smallest absolute Gasteiger partial charge is 0.160 e. The van der Waals surface area contributed by atoms with Crippen molar-refractivity contribution in [1.82, 2.24) is 9.55 Å². The zero-order valence-electron chi connectivity index (χ0n) is 45.1. The second-order valence-electron chi connectivity index (χ2n) is 27.4. The maximum Gasteiger partial charge on any atom is 0.160 e. The van der Waals surface area contributed by atoms with Crippen LogP contribution in [0.3, 0.4) is 0 Å². The predicted octanol–water partition coefficient (Wildman–Crippen LogP) is 11.8. The van der Waals surface area contributed by atoms with Gasteiger partial charge in [0.1, 0.15) is 11.9 Å². The molecule has 9 aliphatic rings. The van der Waals surface area contributed by atoms with Crippen LogP contribution in [0.4, 0.5) is 0 Å². The van der Waals surface area contributed by atoms with Crippen LogP contribution in [0.2, 0.25) is 0 Å². The van der Waals surface area contributed by atoms with Gasteiger partial charge < -0.3 is 34.3 Å². The lowest BCUT2D eigenvalue weighted by molar-refractivity contribution is -0.227. The summed E-state index contributed by atoms with van der Waals surface area (Å²) in [5.41, 5.74) is 9.32. The number of fused-ring (bicyclic) bond motifs is 4. The lowest BCUT2D eigenvalue weighted by atomic mass is 9.33. The third kappa shape index (κ3) is 7.42. The summed E-state index contributed by atoms with van der Waals surface area (Å²) in [4.78, 5) is 34.0. The molecule has 12 rings (SSSR count). The Bertz CT molecular complexity index is 2620. The molecule has 2 saturated heterocycles. The number of carbonyl (C=O) groups excluding carboxylic acids is 2. The Balaban J connectivity index is 1.03. The number of aliphatic hydroxyl groups excluding tert-OH is 3. The van der Waals surface area contributed by atoms with Crippen LogP contribution in [0.15, 0.2) is 35.5 Å². The second-order valence-corrected chi connectivity index (χ2v) is 27.4. The first kappa shape index (κ1) is 49.8. The Hall–Kier alpha value is -3.08. The fraction of sp³-hybridized carbons (Fsp3) is 0.746. The average molecular weight is 985 g/mol. The average Bonchev–Trinajstić information content (AvgIpc) is 3.88. The molecule has 4 N–H and O–H groups in total. The molecule has 7 fully saturated rings. The molecule has 0 spiro atoms. The van der Waals surface area contributed by atoms with Gasteiger partial charge in [-0.2, -0.15) is 0 Å². The molecular weight excluding hydrogens is 897 g/mol. The number of aromatic amines is 1. The Morgan fingerprint density at radius 2 is 1.51 bits per heavy atom. The van der Waals surface area contributed by atoms with Crippen LogP contribution in [0.5, 0.6) is 0 Å². The first-order valence-electron chi connectivity index (χ1n) is 29.2. The van der Waals surface area contributed by atoms with Crippen LogP contribution in [0.25, 0.3) is 11.0 Å². The normalized spacial score (nSPS) is 38.8. The van der Waals surface area contributed by atoms with E-state index in [2.05, 4.69) is 68.6 Å². The van der Waals surface area contributed by atoms with Crippen molar-refractivity contribution in [3.63, 3.8) is 0 Å². The number of aliphatic hydroxyl groups is 3. The van der Waals surface area contributed by atoms with Gasteiger partial charge in [-0.05, 0) is 165 Å². The summed E-state index contributed by atoms with van der Waals surface area (Å²) < 4.78 is 14.5. The zero-order chi connectivity index (χ0) is 50.3. The summed E-state index contributed by atoms with van der Waals surface area (Å²) in [6.07, 6.45) is 20.0. The number of hydrogen-bond donors (Lipinski definition) is 4. The van der Waals surface area contributed by atoms with E-state index < -0.39 is 39.5 Å². The number of hydrogen-bond acceptors (Lipinski definition) is 7. The lowest BCUT2D eigenvalue weighted by Gasteiger charge is -2.70. The van der Waals surface area contributed by atoms with Crippen molar-refractivity contribution in [1.29, 1.82) is 0 Å². The van der Waals surface area contributed by atoms with Gasteiger partial charge >= 0.3 is 0 Å². The highest BCUT2D eigenvalue weighted by molar-refractivity contribution is 6.02. The van der Waals surface area contributed by atoms with Crippen LogP contribution in [-0.4, -0.2) is 80.2 Å². The van der Waals surface area contributed by atoms with Gasteiger partial charge in [0, 0.05) is 91.8 Å². The summed E-state index contributed by atoms with van der Waals surface area (Å²) in [5.74, 6) is 1.70. The van der Waals surface area contributed by atoms with Gasteiger partial charge in [0.15, 0.2) is 5.78 Å². The van der Waals surface area contributed by atoms with Crippen LogP contribution in [0.1, 0.15) is 209 Å². The number of ketones is 2. The van der Waals surface area contributed by atoms with E-state index in [0.717, 1.165) is 92.5 Å². The van der Waals surface area contributed by atoms with Gasteiger partial charge in [-0.15, -0.1) is 0 Å². The molecule has 1 aromatic carbocycles. The topological polar surface area (TPSA) is 137 Å². The summed E-state index contributed by atoms with van der Waals surface area (Å²) in [6.45, 7) is 18.1. The third-order valence-corrected chi connectivity index (χ3v) is 23.3. The summed E-state index contributed by atoms with van der Waals surface area (Å²) in [5, 5.41) is 37.4. The second kappa shape index (κ2) is 17.7. The van der Waals surface area contributed by atoms with Crippen molar-refractivity contribution in [3.8, 4) is 0 Å². The van der Waals surface area contributed by atoms with Crippen molar-refractivity contribution in [3.05, 3.63) is 69.1 Å². The van der Waals surface area contributed by atoms with Crippen molar-refractivity contribution >= 4 is 22.6 Å². The Morgan fingerprint density at radius 3 is 2.19 bits per heavy atom. The van der Waals surface area contributed by atoms with Crippen molar-refractivity contribution in [2.45, 2.75) is 226 Å². The standard InChI is InChI=1S/C63H88N2O7/c1-58(2)57(72-58)48(68)33-59(3)23-17-40-35-64-53-44(31-37-29-41(38-13-9-8-10-14-38)32-42(30-37)39-21-27-71-28-22-39)46(20-26-66)65(54(40)53)36-45-51-52(59)47(67)34-62(51,6)61(5)25-18-49-60(4,56(61)55(45)70)24-19-50(69)63(49,7)43-15-11-12-16-43/h29-30,32,35,38-39,43,45,48-49,55-57,64,66,68,70H,8-28,31,33-34,36H2,1-7H3. The van der Waals surface area contributed by atoms with Gasteiger partial charge in [0.05, 0.1) is 28.8 Å². The SMILES string of the molecule is CC1(CC(O)C2OC2(C)C)CCc2c[nH]c3c(Cc4cc(C5CCCCC5)cc(C5CCOCC5)c4)c(CCO)n(c23)CC2C3=C1C(=O)CC3(C)C1(C)CCC3C(C)(CCC(=O)C3(C)C3CCCC3)C1C2O. The van der Waals surface area contributed by atoms with Gasteiger partial charge in [0.2, 0.25) is 0 Å². The highest BCUT2D eigenvalue weighted by Gasteiger charge is 2.73. The van der Waals surface area contributed by atoms with Gasteiger partial charge in [-0.3, -0.25) is 9.59 Å². The van der Waals surface area contributed by atoms with E-state index in [1.165, 1.54) is 72.8 Å². The molecular formula is C63H88N2O7. The van der Waals surface area contributed by atoms with E-state index in [-0.39, 0.29) is 41.7 Å². The van der Waals surface area contributed by atoms with Crippen molar-refractivity contribution < 1.29 is 34.4 Å². The minimum Gasteiger partial charge on any atom is -0.396 e. The number of rotatable bonds is 10. The van der Waals surface area contributed by atoms with Crippen LogP contribution in [0, 0.1) is 50.7 Å². The highest BCUT2D eigenvalue weighted by Crippen LogP contribution is 2.76. The van der Waals surface area contributed by atoms with Gasteiger partial charge in [0.25, 0.3) is 0 Å². The number of allylic oxidation sites excluding steroid dienone is 1. The van der Waals surface area contributed by atoms with E-state index in [4.69, 9.17) is 9.47 Å². The van der Waals surface area contributed by atoms with Crippen molar-refractivity contribution in [2.24, 2.45) is 50.7 Å². The lowest BCUT2D eigenvalue weighted by Crippen LogP contribution is -2.68. The molecule has 2 aromatic heterocycles.